The van der Waals surface area contributed by atoms with Gasteiger partial charge >= 0.3 is 0 Å². The number of phenolic OH excluding ortho intramolecular Hbond substituents is 1. The van der Waals surface area contributed by atoms with E-state index in [1.807, 2.05) is 18.2 Å². The summed E-state index contributed by atoms with van der Waals surface area (Å²) in [6.45, 7) is 0.847. The number of benzene rings is 1. The van der Waals surface area contributed by atoms with Crippen LogP contribution in [-0.2, 0) is 11.2 Å². The third-order valence-corrected chi connectivity index (χ3v) is 3.65. The van der Waals surface area contributed by atoms with Gasteiger partial charge in [0.2, 0.25) is 6.41 Å². The average molecular weight is 292 g/mol. The van der Waals surface area contributed by atoms with Gasteiger partial charge in [0.25, 0.3) is 0 Å². The zero-order chi connectivity index (χ0) is 15.2. The number of para-hydroxylation sites is 1. The number of nitrogens with one attached hydrogen (secondary N) is 2. The van der Waals surface area contributed by atoms with Crippen LogP contribution in [0.15, 0.2) is 24.3 Å². The highest BCUT2D eigenvalue weighted by Gasteiger charge is 1.99. The number of carbonyl (C=O) groups is 1. The monoisotopic (exact) mass is 292 g/mol. The molecule has 0 fully saturated rings. The van der Waals surface area contributed by atoms with Crippen LogP contribution in [0.25, 0.3) is 0 Å². The molecule has 0 unspecified atom stereocenters. The lowest BCUT2D eigenvalue weighted by Crippen LogP contribution is -2.30. The first kappa shape index (κ1) is 17.5. The molecule has 4 heteroatoms. The first-order valence-corrected chi connectivity index (χ1v) is 8.03. The Bertz CT molecular complexity index is 383. The van der Waals surface area contributed by atoms with E-state index < -0.39 is 0 Å². The molecule has 0 saturated heterocycles. The summed E-state index contributed by atoms with van der Waals surface area (Å²) < 4.78 is 0. The van der Waals surface area contributed by atoms with Crippen molar-refractivity contribution in [3.63, 3.8) is 0 Å². The van der Waals surface area contributed by atoms with Crippen LogP contribution in [0.5, 0.6) is 5.75 Å². The van der Waals surface area contributed by atoms with Gasteiger partial charge in [0, 0.05) is 6.54 Å². The maximum absolute atomic E-state index is 9.99. The van der Waals surface area contributed by atoms with Crippen molar-refractivity contribution in [1.29, 1.82) is 0 Å². The third-order valence-electron chi connectivity index (χ3n) is 3.65. The number of carbonyl (C=O) groups excluding carboxylic acids is 1. The minimum absolute atomic E-state index is 0.426. The molecule has 0 aliphatic heterocycles. The van der Waals surface area contributed by atoms with Gasteiger partial charge in [-0.05, 0) is 30.9 Å². The summed E-state index contributed by atoms with van der Waals surface area (Å²) in [4.78, 5) is 9.99. The third kappa shape index (κ3) is 9.08. The van der Waals surface area contributed by atoms with Gasteiger partial charge in [-0.25, -0.2) is 5.43 Å². The first-order valence-electron chi connectivity index (χ1n) is 8.03. The predicted octanol–water partition coefficient (Wildman–Crippen LogP) is 3.31. The van der Waals surface area contributed by atoms with Gasteiger partial charge in [-0.1, -0.05) is 56.7 Å². The summed E-state index contributed by atoms with van der Waals surface area (Å²) in [5.41, 5.74) is 6.34. The zero-order valence-corrected chi connectivity index (χ0v) is 12.8. The van der Waals surface area contributed by atoms with Crippen LogP contribution in [0, 0.1) is 0 Å². The maximum atomic E-state index is 9.99. The lowest BCUT2D eigenvalue weighted by Gasteiger charge is -2.05. The molecule has 1 aromatic carbocycles. The van der Waals surface area contributed by atoms with Gasteiger partial charge in [0.1, 0.15) is 5.75 Å². The fourth-order valence-electron chi connectivity index (χ4n) is 2.43. The summed E-state index contributed by atoms with van der Waals surface area (Å²) >= 11 is 0. The SMILES string of the molecule is O=CNNCCCCCCCCCCc1ccccc1O. The number of aryl methyl sites for hydroxylation is 1. The summed E-state index contributed by atoms with van der Waals surface area (Å²) in [6, 6.07) is 7.61. The molecule has 0 aliphatic rings. The Morgan fingerprint density at radius 1 is 0.905 bits per heavy atom. The fourth-order valence-corrected chi connectivity index (χ4v) is 2.43. The molecular formula is C17H28N2O2. The van der Waals surface area contributed by atoms with E-state index in [2.05, 4.69) is 10.9 Å². The van der Waals surface area contributed by atoms with Crippen LogP contribution in [0.1, 0.15) is 56.9 Å². The molecular weight excluding hydrogens is 264 g/mol. The summed E-state index contributed by atoms with van der Waals surface area (Å²) in [6.07, 6.45) is 11.5. The van der Waals surface area contributed by atoms with Crippen LogP contribution in [0.3, 0.4) is 0 Å². The van der Waals surface area contributed by atoms with E-state index >= 15 is 0 Å². The number of hydrogen-bond acceptors (Lipinski definition) is 3. The lowest BCUT2D eigenvalue weighted by atomic mass is 10.0. The van der Waals surface area contributed by atoms with Gasteiger partial charge in [0.05, 0.1) is 0 Å². The molecule has 0 spiro atoms. The summed E-state index contributed by atoms with van der Waals surface area (Å²) in [5, 5.41) is 9.66. The standard InChI is InChI=1S/C17H28N2O2/c20-15-19-18-14-10-6-4-2-1-3-5-7-11-16-12-8-9-13-17(16)21/h8-9,12-13,15,18,21H,1-7,10-11,14H2,(H,19,20). The second-order valence-electron chi connectivity index (χ2n) is 5.40. The van der Waals surface area contributed by atoms with Gasteiger partial charge in [-0.3, -0.25) is 10.2 Å². The molecule has 0 heterocycles. The Hall–Kier alpha value is -1.55. The second kappa shape index (κ2) is 12.2. The second-order valence-corrected chi connectivity index (χ2v) is 5.40. The highest BCUT2D eigenvalue weighted by Crippen LogP contribution is 2.18. The van der Waals surface area contributed by atoms with Crippen molar-refractivity contribution in [2.24, 2.45) is 0 Å². The molecule has 0 atom stereocenters. The number of hydrazine groups is 1. The van der Waals surface area contributed by atoms with E-state index in [1.165, 1.54) is 38.5 Å². The first-order chi connectivity index (χ1) is 10.3. The van der Waals surface area contributed by atoms with Crippen LogP contribution < -0.4 is 10.9 Å². The molecule has 4 nitrogen and oxygen atoms in total. The Balaban J connectivity index is 1.85. The van der Waals surface area contributed by atoms with Crippen LogP contribution >= 0.6 is 0 Å². The number of rotatable bonds is 13. The maximum Gasteiger partial charge on any atom is 0.221 e. The average Bonchev–Trinajstić information content (AvgIpc) is 2.50. The number of amides is 1. The minimum Gasteiger partial charge on any atom is -0.508 e. The van der Waals surface area contributed by atoms with Crippen molar-refractivity contribution in [2.45, 2.75) is 57.8 Å². The molecule has 0 saturated carbocycles. The molecule has 118 valence electrons. The molecule has 1 aromatic rings. The van der Waals surface area contributed by atoms with E-state index in [-0.39, 0.29) is 0 Å². The van der Waals surface area contributed by atoms with Crippen molar-refractivity contribution >= 4 is 6.41 Å². The Kier molecular flexibility index (Phi) is 10.2. The van der Waals surface area contributed by atoms with Crippen LogP contribution in [0.4, 0.5) is 0 Å². The number of hydrogen-bond donors (Lipinski definition) is 3. The molecule has 0 radical (unpaired) electrons. The van der Waals surface area contributed by atoms with Gasteiger partial charge in [0.15, 0.2) is 0 Å². The molecule has 0 aromatic heterocycles. The largest absolute Gasteiger partial charge is 0.508 e. The normalized spacial score (nSPS) is 10.5. The lowest BCUT2D eigenvalue weighted by molar-refractivity contribution is -0.110. The molecule has 0 bridgehead atoms. The Labute approximate surface area is 127 Å². The van der Waals surface area contributed by atoms with E-state index in [0.717, 1.165) is 31.4 Å². The van der Waals surface area contributed by atoms with Gasteiger partial charge in [-0.15, -0.1) is 0 Å². The highest BCUT2D eigenvalue weighted by molar-refractivity contribution is 5.44. The van der Waals surface area contributed by atoms with Gasteiger partial charge < -0.3 is 5.11 Å². The van der Waals surface area contributed by atoms with Crippen LogP contribution in [0.2, 0.25) is 0 Å². The molecule has 1 rings (SSSR count). The van der Waals surface area contributed by atoms with E-state index in [0.29, 0.717) is 12.2 Å². The number of unbranched alkanes of at least 4 members (excludes halogenated alkanes) is 7. The van der Waals surface area contributed by atoms with Crippen molar-refractivity contribution in [2.75, 3.05) is 6.54 Å². The fraction of sp³-hybridized carbons (Fsp3) is 0.588. The van der Waals surface area contributed by atoms with Crippen molar-refractivity contribution in [3.05, 3.63) is 29.8 Å². The molecule has 1 amide bonds. The predicted molar refractivity (Wildman–Crippen MR) is 85.9 cm³/mol. The number of aromatic hydroxyl groups is 1. The van der Waals surface area contributed by atoms with Gasteiger partial charge in [-0.2, -0.15) is 0 Å². The zero-order valence-electron chi connectivity index (χ0n) is 12.8. The molecule has 0 aliphatic carbocycles. The smallest absolute Gasteiger partial charge is 0.221 e. The van der Waals surface area contributed by atoms with Crippen LogP contribution in [-0.4, -0.2) is 18.1 Å². The Morgan fingerprint density at radius 2 is 1.52 bits per heavy atom. The highest BCUT2D eigenvalue weighted by atomic mass is 16.3. The van der Waals surface area contributed by atoms with E-state index in [4.69, 9.17) is 0 Å². The van der Waals surface area contributed by atoms with Crippen molar-refractivity contribution in [3.8, 4) is 5.75 Å². The summed E-state index contributed by atoms with van der Waals surface area (Å²) in [5.74, 6) is 0.426. The number of phenols is 1. The Morgan fingerprint density at radius 3 is 2.19 bits per heavy atom. The van der Waals surface area contributed by atoms with E-state index in [1.54, 1.807) is 6.07 Å². The van der Waals surface area contributed by atoms with Crippen molar-refractivity contribution < 1.29 is 9.90 Å². The minimum atomic E-state index is 0.426. The molecule has 21 heavy (non-hydrogen) atoms. The van der Waals surface area contributed by atoms with Crippen molar-refractivity contribution in [1.82, 2.24) is 10.9 Å². The quantitative estimate of drug-likeness (QED) is 0.297. The summed E-state index contributed by atoms with van der Waals surface area (Å²) in [7, 11) is 0. The molecule has 3 N–H and O–H groups in total. The topological polar surface area (TPSA) is 61.4 Å². The van der Waals surface area contributed by atoms with E-state index in [9.17, 15) is 9.90 Å².